The Morgan fingerprint density at radius 3 is 2.32 bits per heavy atom. The minimum Gasteiger partial charge on any atom is -0.493 e. The van der Waals surface area contributed by atoms with E-state index in [0.29, 0.717) is 11.5 Å². The van der Waals surface area contributed by atoms with Crippen molar-refractivity contribution < 1.29 is 32.2 Å². The van der Waals surface area contributed by atoms with Gasteiger partial charge in [0.05, 0.1) is 19.8 Å². The van der Waals surface area contributed by atoms with Gasteiger partial charge in [0.1, 0.15) is 0 Å². The highest BCUT2D eigenvalue weighted by Crippen LogP contribution is 2.30. The highest BCUT2D eigenvalue weighted by molar-refractivity contribution is 5.98. The van der Waals surface area contributed by atoms with Crippen LogP contribution < -0.4 is 20.3 Å². The highest BCUT2D eigenvalue weighted by Gasteiger charge is 2.30. The van der Waals surface area contributed by atoms with Gasteiger partial charge in [-0.1, -0.05) is 12.1 Å². The van der Waals surface area contributed by atoms with E-state index < -0.39 is 23.6 Å². The van der Waals surface area contributed by atoms with Crippen LogP contribution in [0.25, 0.3) is 6.08 Å². The van der Waals surface area contributed by atoms with Crippen LogP contribution in [0.3, 0.4) is 0 Å². The molecule has 0 heterocycles. The summed E-state index contributed by atoms with van der Waals surface area (Å²) in [4.78, 5) is 23.9. The lowest BCUT2D eigenvalue weighted by molar-refractivity contribution is -0.137. The first-order chi connectivity index (χ1) is 13.2. The molecule has 148 valence electrons. The number of amides is 2. The molecule has 9 heteroatoms. The normalized spacial score (nSPS) is 11.2. The summed E-state index contributed by atoms with van der Waals surface area (Å²) < 4.78 is 48.2. The number of methoxy groups -OCH3 is 2. The van der Waals surface area contributed by atoms with Gasteiger partial charge in [0, 0.05) is 11.6 Å². The maximum atomic E-state index is 12.7. The number of hydrogen-bond donors (Lipinski definition) is 2. The smallest absolute Gasteiger partial charge is 0.416 e. The highest BCUT2D eigenvalue weighted by atomic mass is 19.4. The molecule has 0 saturated heterocycles. The number of rotatable bonds is 5. The summed E-state index contributed by atoms with van der Waals surface area (Å²) in [5.74, 6) is -0.550. The van der Waals surface area contributed by atoms with Gasteiger partial charge in [-0.3, -0.25) is 20.4 Å². The Balaban J connectivity index is 1.97. The van der Waals surface area contributed by atoms with E-state index in [1.807, 2.05) is 0 Å². The Hall–Kier alpha value is -3.49. The number of hydrogen-bond acceptors (Lipinski definition) is 4. The lowest BCUT2D eigenvalue weighted by Crippen LogP contribution is -2.40. The molecule has 0 aliphatic carbocycles. The van der Waals surface area contributed by atoms with Crippen LogP contribution in [-0.2, 0) is 11.0 Å². The fraction of sp³-hybridized carbons (Fsp3) is 0.158. The molecule has 0 fully saturated rings. The molecule has 0 bridgehead atoms. The van der Waals surface area contributed by atoms with E-state index in [0.717, 1.165) is 18.2 Å². The number of halogens is 3. The van der Waals surface area contributed by atoms with Gasteiger partial charge in [0.25, 0.3) is 11.8 Å². The fourth-order valence-electron chi connectivity index (χ4n) is 2.20. The van der Waals surface area contributed by atoms with Crippen molar-refractivity contribution in [1.29, 1.82) is 0 Å². The van der Waals surface area contributed by atoms with E-state index in [2.05, 4.69) is 10.9 Å². The summed E-state index contributed by atoms with van der Waals surface area (Å²) in [5, 5.41) is 0. The summed E-state index contributed by atoms with van der Waals surface area (Å²) >= 11 is 0. The topological polar surface area (TPSA) is 76.7 Å². The Morgan fingerprint density at radius 1 is 0.964 bits per heavy atom. The average molecular weight is 394 g/mol. The van der Waals surface area contributed by atoms with Gasteiger partial charge in [-0.15, -0.1) is 0 Å². The van der Waals surface area contributed by atoms with Crippen molar-refractivity contribution in [2.75, 3.05) is 14.2 Å². The lowest BCUT2D eigenvalue weighted by atomic mass is 10.1. The molecule has 6 nitrogen and oxygen atoms in total. The Bertz CT molecular complexity index is 895. The Kier molecular flexibility index (Phi) is 6.64. The standard InChI is InChI=1S/C19H17F3N2O4/c1-27-15-8-7-13(11-16(15)28-2)18(26)24-23-17(25)9-6-12-4-3-5-14(10-12)19(20,21)22/h3-11H,1-2H3,(H,23,25)(H,24,26)/b9-6+. The molecule has 0 aliphatic heterocycles. The zero-order valence-electron chi connectivity index (χ0n) is 15.0. The lowest BCUT2D eigenvalue weighted by Gasteiger charge is -2.10. The summed E-state index contributed by atoms with van der Waals surface area (Å²) in [6.07, 6.45) is -2.27. The molecule has 0 atom stereocenters. The first kappa shape index (κ1) is 20.8. The van der Waals surface area contributed by atoms with E-state index in [-0.39, 0.29) is 11.1 Å². The minimum atomic E-state index is -4.47. The molecule has 0 aliphatic rings. The number of benzene rings is 2. The van der Waals surface area contributed by atoms with Crippen molar-refractivity contribution in [2.45, 2.75) is 6.18 Å². The van der Waals surface area contributed by atoms with Crippen LogP contribution in [0.5, 0.6) is 11.5 Å². The molecule has 0 saturated carbocycles. The van der Waals surface area contributed by atoms with Crippen molar-refractivity contribution in [2.24, 2.45) is 0 Å². The number of carbonyl (C=O) groups is 2. The molecular weight excluding hydrogens is 377 g/mol. The molecule has 2 rings (SSSR count). The van der Waals surface area contributed by atoms with Gasteiger partial charge in [-0.25, -0.2) is 0 Å². The van der Waals surface area contributed by atoms with Crippen molar-refractivity contribution in [3.63, 3.8) is 0 Å². The van der Waals surface area contributed by atoms with Crippen molar-refractivity contribution in [3.05, 3.63) is 65.2 Å². The van der Waals surface area contributed by atoms with Gasteiger partial charge in [-0.05, 0) is 42.0 Å². The van der Waals surface area contributed by atoms with Crippen molar-refractivity contribution in [3.8, 4) is 11.5 Å². The maximum Gasteiger partial charge on any atom is 0.416 e. The van der Waals surface area contributed by atoms with Crippen LogP contribution in [0.15, 0.2) is 48.5 Å². The van der Waals surface area contributed by atoms with E-state index >= 15 is 0 Å². The van der Waals surface area contributed by atoms with Crippen LogP contribution >= 0.6 is 0 Å². The summed E-state index contributed by atoms with van der Waals surface area (Å²) in [5.41, 5.74) is 3.91. The Morgan fingerprint density at radius 2 is 1.68 bits per heavy atom. The third-order valence-corrected chi connectivity index (χ3v) is 3.59. The summed E-state index contributed by atoms with van der Waals surface area (Å²) in [6.45, 7) is 0. The zero-order valence-corrected chi connectivity index (χ0v) is 15.0. The molecule has 0 unspecified atom stereocenters. The second-order valence-corrected chi connectivity index (χ2v) is 5.47. The number of ether oxygens (including phenoxy) is 2. The predicted octanol–water partition coefficient (Wildman–Crippen LogP) is 3.20. The fourth-order valence-corrected chi connectivity index (χ4v) is 2.20. The van der Waals surface area contributed by atoms with Gasteiger partial charge < -0.3 is 9.47 Å². The average Bonchev–Trinajstić information content (AvgIpc) is 2.69. The van der Waals surface area contributed by atoms with E-state index in [1.165, 1.54) is 50.6 Å². The van der Waals surface area contributed by atoms with Gasteiger partial charge in [0.2, 0.25) is 0 Å². The van der Waals surface area contributed by atoms with Crippen molar-refractivity contribution >= 4 is 17.9 Å². The van der Waals surface area contributed by atoms with Gasteiger partial charge >= 0.3 is 6.18 Å². The molecule has 2 aromatic rings. The van der Waals surface area contributed by atoms with Crippen LogP contribution in [0, 0.1) is 0 Å². The maximum absolute atomic E-state index is 12.7. The summed E-state index contributed by atoms with van der Waals surface area (Å²) in [7, 11) is 2.87. The number of alkyl halides is 3. The summed E-state index contributed by atoms with van der Waals surface area (Å²) in [6, 6.07) is 8.93. The first-order valence-electron chi connectivity index (χ1n) is 7.92. The molecule has 0 radical (unpaired) electrons. The van der Waals surface area contributed by atoms with Crippen LogP contribution in [0.2, 0.25) is 0 Å². The second-order valence-electron chi connectivity index (χ2n) is 5.47. The van der Waals surface area contributed by atoms with Crippen molar-refractivity contribution in [1.82, 2.24) is 10.9 Å². The zero-order chi connectivity index (χ0) is 20.7. The van der Waals surface area contributed by atoms with Crippen LogP contribution in [0.4, 0.5) is 13.2 Å². The van der Waals surface area contributed by atoms with Gasteiger partial charge in [-0.2, -0.15) is 13.2 Å². The Labute approximate surface area is 158 Å². The minimum absolute atomic E-state index is 0.191. The molecule has 2 N–H and O–H groups in total. The SMILES string of the molecule is COc1ccc(C(=O)NNC(=O)/C=C/c2cccc(C(F)(F)F)c2)cc1OC. The monoisotopic (exact) mass is 394 g/mol. The number of hydrazine groups is 1. The number of nitrogens with one attached hydrogen (secondary N) is 2. The molecule has 0 spiro atoms. The molecule has 0 aromatic heterocycles. The third-order valence-electron chi connectivity index (χ3n) is 3.59. The van der Waals surface area contributed by atoms with E-state index in [4.69, 9.17) is 9.47 Å². The molecule has 2 aromatic carbocycles. The number of carbonyl (C=O) groups excluding carboxylic acids is 2. The predicted molar refractivity (Wildman–Crippen MR) is 95.6 cm³/mol. The second kappa shape index (κ2) is 8.94. The molecule has 28 heavy (non-hydrogen) atoms. The van der Waals surface area contributed by atoms with Crippen LogP contribution in [-0.4, -0.2) is 26.0 Å². The molecular formula is C19H17F3N2O4. The van der Waals surface area contributed by atoms with Gasteiger partial charge in [0.15, 0.2) is 11.5 Å². The van der Waals surface area contributed by atoms with E-state index in [1.54, 1.807) is 0 Å². The quantitative estimate of drug-likeness (QED) is 0.603. The molecule has 2 amide bonds. The van der Waals surface area contributed by atoms with E-state index in [9.17, 15) is 22.8 Å². The largest absolute Gasteiger partial charge is 0.493 e. The third kappa shape index (κ3) is 5.50. The first-order valence-corrected chi connectivity index (χ1v) is 7.92. The van der Waals surface area contributed by atoms with Crippen LogP contribution in [0.1, 0.15) is 21.5 Å².